The first kappa shape index (κ1) is 18.3. The fourth-order valence-electron chi connectivity index (χ4n) is 4.28. The molecule has 2 amide bonds. The lowest BCUT2D eigenvalue weighted by Gasteiger charge is -2.44. The Hall–Kier alpha value is -3.09. The van der Waals surface area contributed by atoms with Gasteiger partial charge in [-0.1, -0.05) is 12.1 Å². The Bertz CT molecular complexity index is 984. The lowest BCUT2D eigenvalue weighted by molar-refractivity contribution is -0.122. The van der Waals surface area contributed by atoms with Gasteiger partial charge in [0.25, 0.3) is 5.91 Å². The van der Waals surface area contributed by atoms with Crippen LogP contribution in [0.5, 0.6) is 0 Å². The summed E-state index contributed by atoms with van der Waals surface area (Å²) in [6, 6.07) is 7.64. The quantitative estimate of drug-likeness (QED) is 0.698. The molecule has 0 unspecified atom stereocenters. The Morgan fingerprint density at radius 2 is 1.71 bits per heavy atom. The van der Waals surface area contributed by atoms with E-state index < -0.39 is 5.54 Å². The molecule has 0 atom stereocenters. The molecule has 0 aliphatic carbocycles. The maximum Gasteiger partial charge on any atom is 0.255 e. The van der Waals surface area contributed by atoms with Gasteiger partial charge in [-0.3, -0.25) is 14.4 Å². The predicted molar refractivity (Wildman–Crippen MR) is 107 cm³/mol. The van der Waals surface area contributed by atoms with Crippen LogP contribution in [-0.4, -0.2) is 46.1 Å². The number of rotatable bonds is 2. The number of hydrogen-bond acceptors (Lipinski definition) is 4. The molecule has 7 heteroatoms. The number of carbonyl (C=O) groups is 3. The number of nitrogens with one attached hydrogen (secondary N) is 3. The summed E-state index contributed by atoms with van der Waals surface area (Å²) in [6.45, 7) is 6.04. The number of H-pyrrole nitrogens is 1. The SMILES string of the molecule is CC(=O)c1[nH]c(C)c(C(=O)N2CCC3(CC2)Nc2ccccc2NC3=O)c1C. The van der Waals surface area contributed by atoms with E-state index in [-0.39, 0.29) is 17.6 Å². The largest absolute Gasteiger partial charge is 0.369 e. The minimum atomic E-state index is -0.697. The third-order valence-corrected chi connectivity index (χ3v) is 5.89. The van der Waals surface area contributed by atoms with Gasteiger partial charge in [-0.25, -0.2) is 0 Å². The van der Waals surface area contributed by atoms with E-state index in [4.69, 9.17) is 0 Å². The van der Waals surface area contributed by atoms with Crippen LogP contribution in [0.25, 0.3) is 0 Å². The van der Waals surface area contributed by atoms with Crippen molar-refractivity contribution >= 4 is 29.0 Å². The molecule has 7 nitrogen and oxygen atoms in total. The lowest BCUT2D eigenvalue weighted by Crippen LogP contribution is -2.59. The van der Waals surface area contributed by atoms with Crippen molar-refractivity contribution in [3.8, 4) is 0 Å². The van der Waals surface area contributed by atoms with E-state index in [9.17, 15) is 14.4 Å². The van der Waals surface area contributed by atoms with Gasteiger partial charge in [0.2, 0.25) is 5.91 Å². The number of likely N-dealkylation sites (tertiary alicyclic amines) is 1. The second-order valence-electron chi connectivity index (χ2n) is 7.68. The molecule has 0 bridgehead atoms. The number of fused-ring (bicyclic) bond motifs is 1. The molecule has 3 heterocycles. The van der Waals surface area contributed by atoms with Crippen LogP contribution in [0.3, 0.4) is 0 Å². The number of para-hydroxylation sites is 2. The van der Waals surface area contributed by atoms with Gasteiger partial charge in [0.15, 0.2) is 5.78 Å². The average Bonchev–Trinajstić information content (AvgIpc) is 2.97. The molecule has 1 spiro atoms. The summed E-state index contributed by atoms with van der Waals surface area (Å²) in [5, 5.41) is 6.39. The molecule has 28 heavy (non-hydrogen) atoms. The molecule has 0 saturated carbocycles. The number of Topliss-reactive ketones (excluding diaryl/α,β-unsaturated/α-hetero) is 1. The van der Waals surface area contributed by atoms with E-state index in [0.29, 0.717) is 48.4 Å². The van der Waals surface area contributed by atoms with Crippen molar-refractivity contribution < 1.29 is 14.4 Å². The van der Waals surface area contributed by atoms with Gasteiger partial charge in [-0.05, 0) is 44.4 Å². The molecule has 1 saturated heterocycles. The van der Waals surface area contributed by atoms with Crippen LogP contribution < -0.4 is 10.6 Å². The first-order valence-corrected chi connectivity index (χ1v) is 9.50. The molecular weight excluding hydrogens is 356 g/mol. The smallest absolute Gasteiger partial charge is 0.255 e. The fourth-order valence-corrected chi connectivity index (χ4v) is 4.28. The normalized spacial score (nSPS) is 17.7. The number of aromatic nitrogens is 1. The zero-order chi connectivity index (χ0) is 20.1. The van der Waals surface area contributed by atoms with Crippen LogP contribution >= 0.6 is 0 Å². The van der Waals surface area contributed by atoms with Crippen molar-refractivity contribution in [2.75, 3.05) is 23.7 Å². The van der Waals surface area contributed by atoms with E-state index in [0.717, 1.165) is 11.4 Å². The summed E-state index contributed by atoms with van der Waals surface area (Å²) in [7, 11) is 0. The highest BCUT2D eigenvalue weighted by Gasteiger charge is 2.45. The predicted octanol–water partition coefficient (Wildman–Crippen LogP) is 2.87. The fraction of sp³-hybridized carbons (Fsp3) is 0.381. The maximum absolute atomic E-state index is 13.1. The second kappa shape index (κ2) is 6.51. The molecule has 146 valence electrons. The standard InChI is InChI=1S/C21H24N4O3/c1-12-17(13(2)22-18(12)14(3)26)19(27)25-10-8-21(9-11-25)20(28)23-15-6-4-5-7-16(15)24-21/h4-7,22,24H,8-11H2,1-3H3,(H,23,28). The Morgan fingerprint density at radius 3 is 2.32 bits per heavy atom. The summed E-state index contributed by atoms with van der Waals surface area (Å²) in [5.74, 6) is -0.227. The van der Waals surface area contributed by atoms with E-state index in [2.05, 4.69) is 15.6 Å². The molecule has 2 aliphatic rings. The number of piperidine rings is 1. The molecular formula is C21H24N4O3. The van der Waals surface area contributed by atoms with E-state index in [1.807, 2.05) is 31.2 Å². The van der Waals surface area contributed by atoms with Crippen LogP contribution in [-0.2, 0) is 4.79 Å². The Morgan fingerprint density at radius 1 is 1.07 bits per heavy atom. The molecule has 1 aromatic carbocycles. The average molecular weight is 380 g/mol. The van der Waals surface area contributed by atoms with E-state index >= 15 is 0 Å². The van der Waals surface area contributed by atoms with Gasteiger partial charge in [-0.2, -0.15) is 0 Å². The number of ketones is 1. The molecule has 3 N–H and O–H groups in total. The highest BCUT2D eigenvalue weighted by Crippen LogP contribution is 2.36. The zero-order valence-corrected chi connectivity index (χ0v) is 16.3. The Balaban J connectivity index is 1.53. The van der Waals surface area contributed by atoms with Crippen molar-refractivity contribution in [3.05, 3.63) is 46.8 Å². The number of aryl methyl sites for hydroxylation is 1. The summed E-state index contributed by atoms with van der Waals surface area (Å²) >= 11 is 0. The van der Waals surface area contributed by atoms with Crippen molar-refractivity contribution in [1.29, 1.82) is 0 Å². The molecule has 0 radical (unpaired) electrons. The second-order valence-corrected chi connectivity index (χ2v) is 7.68. The topological polar surface area (TPSA) is 94.3 Å². The van der Waals surface area contributed by atoms with Crippen LogP contribution in [0.2, 0.25) is 0 Å². The molecule has 1 aromatic heterocycles. The monoisotopic (exact) mass is 380 g/mol. The van der Waals surface area contributed by atoms with Crippen LogP contribution in [0.1, 0.15) is 51.9 Å². The first-order valence-electron chi connectivity index (χ1n) is 9.50. The van der Waals surface area contributed by atoms with Crippen molar-refractivity contribution in [2.45, 2.75) is 39.2 Å². The summed E-state index contributed by atoms with van der Waals surface area (Å²) in [4.78, 5) is 42.4. The highest BCUT2D eigenvalue weighted by molar-refractivity contribution is 6.06. The Kier molecular flexibility index (Phi) is 4.25. The van der Waals surface area contributed by atoms with Gasteiger partial charge < -0.3 is 20.5 Å². The third-order valence-electron chi connectivity index (χ3n) is 5.89. The van der Waals surface area contributed by atoms with Crippen molar-refractivity contribution in [2.24, 2.45) is 0 Å². The van der Waals surface area contributed by atoms with Gasteiger partial charge in [0.1, 0.15) is 5.54 Å². The number of nitrogens with zero attached hydrogens (tertiary/aromatic N) is 1. The van der Waals surface area contributed by atoms with Crippen molar-refractivity contribution in [3.63, 3.8) is 0 Å². The maximum atomic E-state index is 13.1. The van der Waals surface area contributed by atoms with Gasteiger partial charge in [-0.15, -0.1) is 0 Å². The summed E-state index contributed by atoms with van der Waals surface area (Å²) in [5.41, 5.74) is 3.44. The van der Waals surface area contributed by atoms with E-state index in [1.165, 1.54) is 6.92 Å². The van der Waals surface area contributed by atoms with E-state index in [1.54, 1.807) is 11.8 Å². The molecule has 2 aliphatic heterocycles. The zero-order valence-electron chi connectivity index (χ0n) is 16.3. The number of anilines is 2. The highest BCUT2D eigenvalue weighted by atomic mass is 16.2. The molecule has 4 rings (SSSR count). The third kappa shape index (κ3) is 2.78. The minimum absolute atomic E-state index is 0.0498. The number of carbonyl (C=O) groups excluding carboxylic acids is 3. The van der Waals surface area contributed by atoms with Gasteiger partial charge in [0, 0.05) is 25.7 Å². The summed E-state index contributed by atoms with van der Waals surface area (Å²) in [6.07, 6.45) is 1.06. The Labute approximate surface area is 163 Å². The first-order chi connectivity index (χ1) is 13.3. The molecule has 1 fully saturated rings. The van der Waals surface area contributed by atoms with Crippen LogP contribution in [0, 0.1) is 13.8 Å². The molecule has 2 aromatic rings. The lowest BCUT2D eigenvalue weighted by atomic mass is 9.84. The van der Waals surface area contributed by atoms with Crippen molar-refractivity contribution in [1.82, 2.24) is 9.88 Å². The number of aromatic amines is 1. The summed E-state index contributed by atoms with van der Waals surface area (Å²) < 4.78 is 0. The minimum Gasteiger partial charge on any atom is -0.369 e. The van der Waals surface area contributed by atoms with Crippen LogP contribution in [0.4, 0.5) is 11.4 Å². The number of hydrogen-bond donors (Lipinski definition) is 3. The van der Waals surface area contributed by atoms with Crippen LogP contribution in [0.15, 0.2) is 24.3 Å². The van der Waals surface area contributed by atoms with Gasteiger partial charge >= 0.3 is 0 Å². The number of benzene rings is 1. The number of amides is 2. The van der Waals surface area contributed by atoms with Gasteiger partial charge in [0.05, 0.1) is 22.6 Å².